The van der Waals surface area contributed by atoms with Crippen LogP contribution < -0.4 is 11.1 Å². The van der Waals surface area contributed by atoms with Crippen molar-refractivity contribution in [2.75, 3.05) is 26.3 Å². The predicted octanol–water partition coefficient (Wildman–Crippen LogP) is 4.61. The molecule has 2 aromatic carbocycles. The molecule has 2 saturated heterocycles. The smallest absolute Gasteiger partial charge is 0.243 e. The lowest BCUT2D eigenvalue weighted by atomic mass is 10.1. The number of nitriles is 1. The Morgan fingerprint density at radius 2 is 1.86 bits per heavy atom. The van der Waals surface area contributed by atoms with Crippen LogP contribution in [0.3, 0.4) is 0 Å². The lowest BCUT2D eigenvalue weighted by Gasteiger charge is -2.24. The second-order valence-corrected chi connectivity index (χ2v) is 12.2. The van der Waals surface area contributed by atoms with E-state index in [2.05, 4.69) is 47.5 Å². The number of hydrogen-bond acceptors (Lipinski definition) is 8. The maximum absolute atomic E-state index is 13.5. The van der Waals surface area contributed by atoms with Crippen LogP contribution in [0.25, 0.3) is 20.5 Å². The van der Waals surface area contributed by atoms with Crippen LogP contribution in [0.15, 0.2) is 65.6 Å². The van der Waals surface area contributed by atoms with E-state index >= 15 is 0 Å². The Kier molecular flexibility index (Phi) is 11.4. The number of nitrogens with two attached hydrogens (primary N) is 1. The first-order chi connectivity index (χ1) is 20.9. The molecule has 3 aromatic rings. The minimum absolute atomic E-state index is 0.126. The van der Waals surface area contributed by atoms with Gasteiger partial charge < -0.3 is 25.4 Å². The fourth-order valence-corrected chi connectivity index (χ4v) is 7.30. The van der Waals surface area contributed by atoms with Crippen LogP contribution in [-0.4, -0.2) is 66.5 Å². The number of nitrogens with zero attached hydrogens (tertiary/aromatic N) is 2. The molecule has 0 aliphatic carbocycles. The summed E-state index contributed by atoms with van der Waals surface area (Å²) < 4.78 is 13.0. The lowest BCUT2D eigenvalue weighted by molar-refractivity contribution is -0.152. The number of rotatable bonds is 6. The van der Waals surface area contributed by atoms with Crippen LogP contribution in [0.1, 0.15) is 32.3 Å². The Labute approximate surface area is 260 Å². The zero-order valence-electron chi connectivity index (χ0n) is 24.3. The Morgan fingerprint density at radius 3 is 2.51 bits per heavy atom. The lowest BCUT2D eigenvalue weighted by Crippen LogP contribution is -2.47. The number of thiophene rings is 1. The first kappa shape index (κ1) is 32.2. The van der Waals surface area contributed by atoms with Crippen molar-refractivity contribution in [1.29, 1.82) is 5.26 Å². The first-order valence-electron chi connectivity index (χ1n) is 14.3. The monoisotopic (exact) mass is 620 g/mol. The van der Waals surface area contributed by atoms with E-state index in [0.717, 1.165) is 16.7 Å². The Balaban J connectivity index is 0.000000798. The van der Waals surface area contributed by atoms with Gasteiger partial charge in [0, 0.05) is 33.4 Å². The van der Waals surface area contributed by atoms with E-state index in [1.54, 1.807) is 28.0 Å². The molecular weight excluding hydrogens is 585 g/mol. The van der Waals surface area contributed by atoms with Crippen LogP contribution in [0.5, 0.6) is 0 Å². The number of carbonyl (C=O) groups excluding carboxylic acids is 3. The molecule has 226 valence electrons. The van der Waals surface area contributed by atoms with Gasteiger partial charge in [-0.2, -0.15) is 5.26 Å². The number of carbonyl (C=O) groups is 3. The molecule has 3 N–H and O–H groups in total. The minimum Gasteiger partial charge on any atom is -0.372 e. The van der Waals surface area contributed by atoms with E-state index in [0.29, 0.717) is 32.6 Å². The van der Waals surface area contributed by atoms with Gasteiger partial charge in [-0.3, -0.25) is 14.4 Å². The van der Waals surface area contributed by atoms with Gasteiger partial charge >= 0.3 is 0 Å². The van der Waals surface area contributed by atoms with Gasteiger partial charge in [0.25, 0.3) is 0 Å². The number of thioether (sulfide) groups is 1. The number of allylic oxidation sites excluding steroid dienone is 1. The summed E-state index contributed by atoms with van der Waals surface area (Å²) >= 11 is 3.31. The molecule has 2 unspecified atom stereocenters. The van der Waals surface area contributed by atoms with E-state index in [4.69, 9.17) is 19.5 Å². The number of amides is 3. The Hall–Kier alpha value is -3.69. The van der Waals surface area contributed by atoms with Crippen LogP contribution in [0.2, 0.25) is 0 Å². The summed E-state index contributed by atoms with van der Waals surface area (Å²) in [5, 5.41) is 15.3. The number of ether oxygens (including phenoxy) is 2. The van der Waals surface area contributed by atoms with Crippen LogP contribution in [0, 0.1) is 11.3 Å². The van der Waals surface area contributed by atoms with Crippen molar-refractivity contribution in [3.05, 3.63) is 71.1 Å². The molecule has 9 nitrogen and oxygen atoms in total. The van der Waals surface area contributed by atoms with Gasteiger partial charge in [-0.25, -0.2) is 0 Å². The fourth-order valence-electron chi connectivity index (χ4n) is 5.27. The molecule has 43 heavy (non-hydrogen) atoms. The molecule has 3 aliphatic rings. The van der Waals surface area contributed by atoms with Gasteiger partial charge in [0.1, 0.15) is 6.04 Å². The van der Waals surface area contributed by atoms with Crippen LogP contribution in [-0.2, 0) is 30.3 Å². The maximum Gasteiger partial charge on any atom is 0.243 e. The van der Waals surface area contributed by atoms with Gasteiger partial charge in [-0.05, 0) is 40.5 Å². The summed E-state index contributed by atoms with van der Waals surface area (Å²) in [7, 11) is 0. The first-order valence-corrected chi connectivity index (χ1v) is 16.0. The number of benzene rings is 2. The molecule has 6 rings (SSSR count). The highest BCUT2D eigenvalue weighted by atomic mass is 32.2. The van der Waals surface area contributed by atoms with Crippen molar-refractivity contribution in [3.63, 3.8) is 0 Å². The molecule has 2 atom stereocenters. The molecule has 2 fully saturated rings. The van der Waals surface area contributed by atoms with Crippen molar-refractivity contribution in [2.45, 2.75) is 50.2 Å². The van der Waals surface area contributed by atoms with Crippen LogP contribution in [0.4, 0.5) is 0 Å². The Bertz CT molecular complexity index is 1460. The number of likely N-dealkylation sites (tertiary alicyclic amines) is 1. The minimum atomic E-state index is -0.916. The maximum atomic E-state index is 13.5. The molecule has 0 saturated carbocycles. The largest absolute Gasteiger partial charge is 0.372 e. The van der Waals surface area contributed by atoms with Gasteiger partial charge in [0.15, 0.2) is 5.79 Å². The SMILES string of the molecule is CC.N#CC1=CSC(CNC(=O)C2CC3(CN2C(=O)Cc2ccc(-c4cc5ccccc5s4)cc2)OCCO3)C1.NC=O. The molecule has 1 aromatic heterocycles. The van der Waals surface area contributed by atoms with Gasteiger partial charge in [0.05, 0.1) is 32.2 Å². The summed E-state index contributed by atoms with van der Waals surface area (Å²) in [6, 6.07) is 20.1. The van der Waals surface area contributed by atoms with Crippen LogP contribution >= 0.6 is 23.1 Å². The highest BCUT2D eigenvalue weighted by Gasteiger charge is 2.52. The second-order valence-electron chi connectivity index (χ2n) is 9.97. The van der Waals surface area contributed by atoms with Gasteiger partial charge in [-0.15, -0.1) is 23.1 Å². The third-order valence-corrected chi connectivity index (χ3v) is 9.55. The predicted molar refractivity (Wildman–Crippen MR) is 170 cm³/mol. The zero-order chi connectivity index (χ0) is 30.8. The van der Waals surface area contributed by atoms with Crippen molar-refractivity contribution >= 4 is 51.4 Å². The van der Waals surface area contributed by atoms with Crippen molar-refractivity contribution in [2.24, 2.45) is 5.73 Å². The van der Waals surface area contributed by atoms with E-state index in [9.17, 15) is 9.59 Å². The van der Waals surface area contributed by atoms with E-state index in [1.807, 2.05) is 43.5 Å². The Morgan fingerprint density at radius 1 is 1.16 bits per heavy atom. The third-order valence-electron chi connectivity index (χ3n) is 7.25. The molecule has 0 radical (unpaired) electrons. The quantitative estimate of drug-likeness (QED) is 0.384. The van der Waals surface area contributed by atoms with E-state index in [1.165, 1.54) is 15.0 Å². The number of fused-ring (bicyclic) bond motifs is 1. The summed E-state index contributed by atoms with van der Waals surface area (Å²) in [5.74, 6) is -1.25. The summed E-state index contributed by atoms with van der Waals surface area (Å²) in [6.07, 6.45) is 1.40. The average molecular weight is 621 g/mol. The molecular formula is C32H36N4O5S2. The average Bonchev–Trinajstić information content (AvgIpc) is 3.85. The highest BCUT2D eigenvalue weighted by molar-refractivity contribution is 8.03. The zero-order valence-corrected chi connectivity index (χ0v) is 25.9. The molecule has 1 spiro atoms. The second kappa shape index (κ2) is 15.2. The molecule has 0 bridgehead atoms. The number of hydrogen-bond donors (Lipinski definition) is 2. The number of primary amides is 1. The topological polar surface area (TPSA) is 135 Å². The van der Waals surface area contributed by atoms with Crippen molar-refractivity contribution in [3.8, 4) is 16.5 Å². The fraction of sp³-hybridized carbons (Fsp3) is 0.375. The van der Waals surface area contributed by atoms with Crippen molar-refractivity contribution in [1.82, 2.24) is 10.2 Å². The van der Waals surface area contributed by atoms with E-state index in [-0.39, 0.29) is 36.4 Å². The van der Waals surface area contributed by atoms with Gasteiger partial charge in [0.2, 0.25) is 18.2 Å². The third kappa shape index (κ3) is 7.83. The highest BCUT2D eigenvalue weighted by Crippen LogP contribution is 2.36. The van der Waals surface area contributed by atoms with E-state index < -0.39 is 11.8 Å². The molecule has 11 heteroatoms. The summed E-state index contributed by atoms with van der Waals surface area (Å²) in [5.41, 5.74) is 6.91. The number of nitrogens with one attached hydrogen (secondary N) is 1. The molecule has 3 aliphatic heterocycles. The van der Waals surface area contributed by atoms with Crippen molar-refractivity contribution < 1.29 is 23.9 Å². The molecule has 3 amide bonds. The summed E-state index contributed by atoms with van der Waals surface area (Å²) in [6.45, 7) is 5.59. The standard InChI is InChI=1S/C29H27N3O4S2.C2H6.CH3NO/c30-15-20-11-23(37-17-20)16-31-28(34)24-14-29(35-9-10-36-29)18-32(24)27(33)12-19-5-7-21(8-6-19)26-13-22-3-1-2-4-25(22)38-26;1-2;2-1-3/h1-8,13,17,23-24H,9-12,14,16,18H2,(H,31,34);1-2H3;1H,(H2,2,3). The van der Waals surface area contributed by atoms with Gasteiger partial charge in [-0.1, -0.05) is 56.3 Å². The summed E-state index contributed by atoms with van der Waals surface area (Å²) in [4.78, 5) is 38.1. The normalized spacial score (nSPS) is 19.9. The molecule has 4 heterocycles.